The first-order chi connectivity index (χ1) is 6.87. The molecule has 1 rings (SSSR count). The molecule has 1 N–H and O–H groups in total. The highest BCUT2D eigenvalue weighted by molar-refractivity contribution is 5.22. The second kappa shape index (κ2) is 4.35. The van der Waals surface area contributed by atoms with E-state index in [0.29, 0.717) is 0 Å². The fourth-order valence-corrected chi connectivity index (χ4v) is 1.88. The largest absolute Gasteiger partial charge is 0.319 e. The molecule has 0 atom stereocenters. The van der Waals surface area contributed by atoms with Crippen LogP contribution in [0.15, 0.2) is 0 Å². The molecule has 1 heterocycles. The van der Waals surface area contributed by atoms with Gasteiger partial charge in [-0.1, -0.05) is 13.8 Å². The number of hydrogen-bond donors (Lipinski definition) is 1. The van der Waals surface area contributed by atoms with Crippen molar-refractivity contribution in [1.82, 2.24) is 15.1 Å². The van der Waals surface area contributed by atoms with Gasteiger partial charge in [-0.15, -0.1) is 0 Å². The minimum Gasteiger partial charge on any atom is -0.319 e. The fraction of sp³-hybridized carbons (Fsp3) is 0.750. The van der Waals surface area contributed by atoms with Crippen LogP contribution in [0.3, 0.4) is 0 Å². The third kappa shape index (κ3) is 2.81. The number of rotatable bonds is 4. The highest BCUT2D eigenvalue weighted by atomic mass is 15.3. The van der Waals surface area contributed by atoms with E-state index < -0.39 is 0 Å². The summed E-state index contributed by atoms with van der Waals surface area (Å²) >= 11 is 0. The summed E-state index contributed by atoms with van der Waals surface area (Å²) in [4.78, 5) is 0. The number of nitrogens with zero attached hydrogens (tertiary/aromatic N) is 2. The van der Waals surface area contributed by atoms with Crippen molar-refractivity contribution in [2.45, 2.75) is 41.2 Å². The minimum absolute atomic E-state index is 0.240. The Morgan fingerprint density at radius 3 is 2.27 bits per heavy atom. The molecular formula is C12H23N3. The molecule has 0 saturated carbocycles. The third-order valence-corrected chi connectivity index (χ3v) is 2.98. The van der Waals surface area contributed by atoms with E-state index in [4.69, 9.17) is 0 Å². The van der Waals surface area contributed by atoms with Crippen LogP contribution in [-0.2, 0) is 6.54 Å². The van der Waals surface area contributed by atoms with Crippen LogP contribution in [0.4, 0.5) is 0 Å². The Labute approximate surface area is 92.9 Å². The molecule has 3 nitrogen and oxygen atoms in total. The lowest BCUT2D eigenvalue weighted by atomic mass is 9.93. The van der Waals surface area contributed by atoms with E-state index in [1.807, 2.05) is 7.05 Å². The summed E-state index contributed by atoms with van der Waals surface area (Å²) in [5.41, 5.74) is 3.99. The van der Waals surface area contributed by atoms with Gasteiger partial charge in [0, 0.05) is 18.8 Å². The first kappa shape index (κ1) is 12.2. The third-order valence-electron chi connectivity index (χ3n) is 2.98. The molecule has 0 spiro atoms. The molecule has 1 aromatic rings. The zero-order valence-corrected chi connectivity index (χ0v) is 10.8. The molecule has 3 heteroatoms. The van der Waals surface area contributed by atoms with Gasteiger partial charge < -0.3 is 5.32 Å². The molecular weight excluding hydrogens is 186 g/mol. The maximum atomic E-state index is 4.57. The zero-order chi connectivity index (χ0) is 11.6. The predicted octanol–water partition coefficient (Wildman–Crippen LogP) is 2.05. The predicted molar refractivity (Wildman–Crippen MR) is 64.1 cm³/mol. The van der Waals surface area contributed by atoms with Crippen molar-refractivity contribution in [3.8, 4) is 0 Å². The van der Waals surface area contributed by atoms with Crippen LogP contribution in [0.1, 0.15) is 30.8 Å². The fourth-order valence-electron chi connectivity index (χ4n) is 1.88. The SMILES string of the molecule is CNCC(C)(C)Cn1nc(C)c(C)c1C. The lowest BCUT2D eigenvalue weighted by Gasteiger charge is -2.24. The van der Waals surface area contributed by atoms with Gasteiger partial charge in [-0.2, -0.15) is 5.10 Å². The molecule has 0 aliphatic heterocycles. The normalized spacial score (nSPS) is 12.1. The molecule has 0 aromatic carbocycles. The van der Waals surface area contributed by atoms with Crippen LogP contribution in [0, 0.1) is 26.2 Å². The molecule has 0 saturated heterocycles. The second-order valence-corrected chi connectivity index (χ2v) is 5.15. The van der Waals surface area contributed by atoms with E-state index >= 15 is 0 Å². The van der Waals surface area contributed by atoms with E-state index in [0.717, 1.165) is 18.8 Å². The molecule has 15 heavy (non-hydrogen) atoms. The van der Waals surface area contributed by atoms with Crippen LogP contribution in [-0.4, -0.2) is 23.4 Å². The number of hydrogen-bond acceptors (Lipinski definition) is 2. The van der Waals surface area contributed by atoms with E-state index in [1.165, 1.54) is 11.3 Å². The summed E-state index contributed by atoms with van der Waals surface area (Å²) in [5, 5.41) is 7.79. The lowest BCUT2D eigenvalue weighted by molar-refractivity contribution is 0.280. The summed E-state index contributed by atoms with van der Waals surface area (Å²) in [6, 6.07) is 0. The van der Waals surface area contributed by atoms with E-state index in [9.17, 15) is 0 Å². The van der Waals surface area contributed by atoms with Crippen LogP contribution < -0.4 is 5.32 Å². The molecule has 0 bridgehead atoms. The zero-order valence-electron chi connectivity index (χ0n) is 10.8. The number of aryl methyl sites for hydroxylation is 1. The van der Waals surface area contributed by atoms with Crippen LogP contribution in [0.5, 0.6) is 0 Å². The quantitative estimate of drug-likeness (QED) is 0.822. The molecule has 86 valence electrons. The van der Waals surface area contributed by atoms with Gasteiger partial charge in [-0.3, -0.25) is 4.68 Å². The van der Waals surface area contributed by atoms with Gasteiger partial charge in [0.15, 0.2) is 0 Å². The van der Waals surface area contributed by atoms with Crippen molar-refractivity contribution in [2.75, 3.05) is 13.6 Å². The van der Waals surface area contributed by atoms with Crippen LogP contribution in [0.2, 0.25) is 0 Å². The Balaban J connectivity index is 2.85. The molecule has 0 unspecified atom stereocenters. The van der Waals surface area contributed by atoms with Crippen molar-refractivity contribution in [3.63, 3.8) is 0 Å². The Morgan fingerprint density at radius 2 is 1.87 bits per heavy atom. The molecule has 0 fully saturated rings. The summed E-state index contributed by atoms with van der Waals surface area (Å²) in [7, 11) is 1.99. The highest BCUT2D eigenvalue weighted by Gasteiger charge is 2.20. The van der Waals surface area contributed by atoms with Gasteiger partial charge in [0.25, 0.3) is 0 Å². The van der Waals surface area contributed by atoms with Gasteiger partial charge in [0.2, 0.25) is 0 Å². The summed E-state index contributed by atoms with van der Waals surface area (Å²) in [6.45, 7) is 12.8. The van der Waals surface area contributed by atoms with Gasteiger partial charge in [0.05, 0.1) is 5.69 Å². The highest BCUT2D eigenvalue weighted by Crippen LogP contribution is 2.19. The Morgan fingerprint density at radius 1 is 1.27 bits per heavy atom. The topological polar surface area (TPSA) is 29.9 Å². The molecule has 1 aromatic heterocycles. The monoisotopic (exact) mass is 209 g/mol. The number of aromatic nitrogens is 2. The summed E-state index contributed by atoms with van der Waals surface area (Å²) < 4.78 is 2.13. The van der Waals surface area contributed by atoms with Crippen LogP contribution in [0.25, 0.3) is 0 Å². The average Bonchev–Trinajstić information content (AvgIpc) is 2.33. The first-order valence-corrected chi connectivity index (χ1v) is 5.52. The van der Waals surface area contributed by atoms with Crippen molar-refractivity contribution in [3.05, 3.63) is 17.0 Å². The molecule has 0 amide bonds. The summed E-state index contributed by atoms with van der Waals surface area (Å²) in [6.07, 6.45) is 0. The van der Waals surface area contributed by atoms with Gasteiger partial charge in [-0.25, -0.2) is 0 Å². The Bertz CT molecular complexity index is 337. The standard InChI is InChI=1S/C12H23N3/c1-9-10(2)14-15(11(9)3)8-12(4,5)7-13-6/h13H,7-8H2,1-6H3. The van der Waals surface area contributed by atoms with E-state index in [2.05, 4.69) is 49.7 Å². The van der Waals surface area contributed by atoms with Crippen molar-refractivity contribution >= 4 is 0 Å². The Hall–Kier alpha value is -0.830. The van der Waals surface area contributed by atoms with Gasteiger partial charge in [-0.05, 0) is 38.8 Å². The van der Waals surface area contributed by atoms with E-state index in [1.54, 1.807) is 0 Å². The Kier molecular flexibility index (Phi) is 3.55. The maximum absolute atomic E-state index is 4.57. The minimum atomic E-state index is 0.240. The average molecular weight is 209 g/mol. The summed E-state index contributed by atoms with van der Waals surface area (Å²) in [5.74, 6) is 0. The van der Waals surface area contributed by atoms with Gasteiger partial charge in [0.1, 0.15) is 0 Å². The molecule has 0 radical (unpaired) electrons. The first-order valence-electron chi connectivity index (χ1n) is 5.52. The van der Waals surface area contributed by atoms with Crippen molar-refractivity contribution < 1.29 is 0 Å². The van der Waals surface area contributed by atoms with Gasteiger partial charge >= 0.3 is 0 Å². The number of nitrogens with one attached hydrogen (secondary N) is 1. The maximum Gasteiger partial charge on any atom is 0.0625 e. The molecule has 0 aliphatic carbocycles. The van der Waals surface area contributed by atoms with Crippen molar-refractivity contribution in [2.24, 2.45) is 5.41 Å². The van der Waals surface area contributed by atoms with Crippen LogP contribution >= 0.6 is 0 Å². The van der Waals surface area contributed by atoms with E-state index in [-0.39, 0.29) is 5.41 Å². The van der Waals surface area contributed by atoms with Crippen molar-refractivity contribution in [1.29, 1.82) is 0 Å². The second-order valence-electron chi connectivity index (χ2n) is 5.15. The lowest BCUT2D eigenvalue weighted by Crippen LogP contribution is -2.31. The smallest absolute Gasteiger partial charge is 0.0625 e. The molecule has 0 aliphatic rings.